The summed E-state index contributed by atoms with van der Waals surface area (Å²) in [6.45, 7) is 14.3. The molecule has 25 heavy (non-hydrogen) atoms. The molecule has 1 aromatic rings. The monoisotopic (exact) mass is 386 g/mol. The maximum absolute atomic E-state index is 12.5. The van der Waals surface area contributed by atoms with Gasteiger partial charge in [-0.2, -0.15) is 0 Å². The molecule has 0 saturated heterocycles. The molecule has 7 heteroatoms. The third-order valence-electron chi connectivity index (χ3n) is 3.70. The first-order valence-electron chi connectivity index (χ1n) is 9.03. The molecule has 0 aliphatic carbocycles. The third-order valence-corrected chi connectivity index (χ3v) is 4.72. The van der Waals surface area contributed by atoms with Gasteiger partial charge < -0.3 is 9.80 Å². The molecule has 142 valence electrons. The van der Waals surface area contributed by atoms with E-state index in [1.54, 1.807) is 6.07 Å². The van der Waals surface area contributed by atoms with Crippen LogP contribution in [0.2, 0.25) is 5.15 Å². The summed E-state index contributed by atoms with van der Waals surface area (Å²) in [6, 6.07) is 2.15. The van der Waals surface area contributed by atoms with E-state index in [2.05, 4.69) is 28.7 Å². The Labute approximate surface area is 161 Å². The van der Waals surface area contributed by atoms with Gasteiger partial charge in [0, 0.05) is 31.2 Å². The number of nitrogens with zero attached hydrogens (tertiary/aromatic N) is 4. The van der Waals surface area contributed by atoms with Crippen molar-refractivity contribution < 1.29 is 4.79 Å². The number of amides is 1. The third kappa shape index (κ3) is 7.02. The summed E-state index contributed by atoms with van der Waals surface area (Å²) in [5.74, 6) is 1.25. The van der Waals surface area contributed by atoms with Crippen molar-refractivity contribution in [3.8, 4) is 0 Å². The van der Waals surface area contributed by atoms with Crippen molar-refractivity contribution in [1.82, 2.24) is 14.9 Å². The maximum Gasteiger partial charge on any atom is 0.233 e. The lowest BCUT2D eigenvalue weighted by Gasteiger charge is -2.30. The van der Waals surface area contributed by atoms with Crippen LogP contribution in [0.3, 0.4) is 0 Å². The Kier molecular flexibility index (Phi) is 9.57. The summed E-state index contributed by atoms with van der Waals surface area (Å²) < 4.78 is 0. The molecule has 0 aliphatic rings. The fourth-order valence-corrected chi connectivity index (χ4v) is 3.82. The number of hydrogen-bond acceptors (Lipinski definition) is 5. The minimum absolute atomic E-state index is 0.0964. The summed E-state index contributed by atoms with van der Waals surface area (Å²) in [5, 5.41) is 0.974. The molecule has 0 spiro atoms. The summed E-state index contributed by atoms with van der Waals surface area (Å²) >= 11 is 7.54. The van der Waals surface area contributed by atoms with Crippen LogP contribution in [0.15, 0.2) is 11.2 Å². The van der Waals surface area contributed by atoms with E-state index in [1.807, 2.05) is 32.6 Å². The second-order valence-corrected chi connectivity index (χ2v) is 7.93. The van der Waals surface area contributed by atoms with Gasteiger partial charge in [0.1, 0.15) is 11.0 Å². The Hall–Kier alpha value is -1.01. The molecule has 1 amide bonds. The molecule has 0 bridgehead atoms. The molecule has 0 aliphatic heterocycles. The molecule has 0 atom stereocenters. The molecular formula is C18H31ClN4OS. The van der Waals surface area contributed by atoms with Crippen LogP contribution >= 0.6 is 23.4 Å². The first-order valence-corrected chi connectivity index (χ1v) is 10.4. The van der Waals surface area contributed by atoms with Crippen LogP contribution in [0.25, 0.3) is 0 Å². The van der Waals surface area contributed by atoms with Crippen LogP contribution in [-0.4, -0.2) is 51.7 Å². The smallest absolute Gasteiger partial charge is 0.233 e. The van der Waals surface area contributed by atoms with Crippen LogP contribution in [0, 0.1) is 0 Å². The molecule has 0 saturated carbocycles. The van der Waals surface area contributed by atoms with Gasteiger partial charge in [0.25, 0.3) is 0 Å². The number of halogens is 1. The highest BCUT2D eigenvalue weighted by Gasteiger charge is 2.20. The maximum atomic E-state index is 12.5. The van der Waals surface area contributed by atoms with Crippen molar-refractivity contribution in [3.63, 3.8) is 0 Å². The fourth-order valence-electron chi connectivity index (χ4n) is 2.87. The molecule has 0 aromatic carbocycles. The molecule has 0 unspecified atom stereocenters. The summed E-state index contributed by atoms with van der Waals surface area (Å²) in [5.41, 5.74) is 0. The zero-order chi connectivity index (χ0) is 19.0. The largest absolute Gasteiger partial charge is 0.356 e. The van der Waals surface area contributed by atoms with Gasteiger partial charge in [0.05, 0.1) is 5.75 Å². The number of aromatic nitrogens is 2. The Morgan fingerprint density at radius 2 is 1.68 bits per heavy atom. The molecule has 0 radical (unpaired) electrons. The predicted octanol–water partition coefficient (Wildman–Crippen LogP) is 4.49. The second-order valence-electron chi connectivity index (χ2n) is 6.60. The van der Waals surface area contributed by atoms with Crippen molar-refractivity contribution in [1.29, 1.82) is 0 Å². The number of carbonyl (C=O) groups excluding carboxylic acids is 1. The van der Waals surface area contributed by atoms with E-state index in [9.17, 15) is 4.79 Å². The van der Waals surface area contributed by atoms with Crippen molar-refractivity contribution in [2.45, 2.75) is 71.6 Å². The van der Waals surface area contributed by atoms with Crippen LogP contribution < -0.4 is 4.90 Å². The minimum Gasteiger partial charge on any atom is -0.356 e. The van der Waals surface area contributed by atoms with E-state index >= 15 is 0 Å². The van der Waals surface area contributed by atoms with Gasteiger partial charge in [0.2, 0.25) is 5.91 Å². The highest BCUT2D eigenvalue weighted by Crippen LogP contribution is 2.23. The van der Waals surface area contributed by atoms with Crippen molar-refractivity contribution in [3.05, 3.63) is 11.2 Å². The molecular weight excluding hydrogens is 356 g/mol. The van der Waals surface area contributed by atoms with Gasteiger partial charge >= 0.3 is 0 Å². The Bertz CT molecular complexity index is 540. The van der Waals surface area contributed by atoms with E-state index < -0.39 is 0 Å². The van der Waals surface area contributed by atoms with Gasteiger partial charge in [-0.15, -0.1) is 0 Å². The summed E-state index contributed by atoms with van der Waals surface area (Å²) in [7, 11) is 0. The second kappa shape index (κ2) is 10.9. The number of hydrogen-bond donors (Lipinski definition) is 0. The van der Waals surface area contributed by atoms with Gasteiger partial charge in [0.15, 0.2) is 5.16 Å². The normalized spacial score (nSPS) is 11.2. The molecule has 0 N–H and O–H groups in total. The molecule has 5 nitrogen and oxygen atoms in total. The number of carbonyl (C=O) groups is 1. The molecule has 1 heterocycles. The number of anilines is 1. The lowest BCUT2D eigenvalue weighted by atomic mass is 10.2. The van der Waals surface area contributed by atoms with Gasteiger partial charge in [-0.25, -0.2) is 9.97 Å². The summed E-state index contributed by atoms with van der Waals surface area (Å²) in [6.07, 6.45) is 2.08. The van der Waals surface area contributed by atoms with E-state index in [1.165, 1.54) is 11.8 Å². The van der Waals surface area contributed by atoms with Gasteiger partial charge in [-0.3, -0.25) is 4.79 Å². The Balaban J connectivity index is 2.87. The first kappa shape index (κ1) is 22.0. The SMILES string of the molecule is CCCN(CCC)c1cc(Cl)nc(SCC(=O)N(C(C)C)C(C)C)n1. The van der Waals surface area contributed by atoms with Crippen LogP contribution in [0.5, 0.6) is 0 Å². The van der Waals surface area contributed by atoms with Crippen molar-refractivity contribution in [2.75, 3.05) is 23.7 Å². The Morgan fingerprint density at radius 1 is 1.12 bits per heavy atom. The van der Waals surface area contributed by atoms with E-state index in [4.69, 9.17) is 11.6 Å². The zero-order valence-electron chi connectivity index (χ0n) is 16.3. The van der Waals surface area contributed by atoms with Crippen LogP contribution in [0.4, 0.5) is 5.82 Å². The standard InChI is InChI=1S/C18H31ClN4OS/c1-7-9-22(10-8-2)16-11-15(19)20-18(21-16)25-12-17(24)23(13(3)4)14(5)6/h11,13-14H,7-10,12H2,1-6H3. The first-order chi connectivity index (χ1) is 11.8. The van der Waals surface area contributed by atoms with E-state index in [0.717, 1.165) is 31.7 Å². The number of rotatable bonds is 10. The lowest BCUT2D eigenvalue weighted by Crippen LogP contribution is -2.43. The lowest BCUT2D eigenvalue weighted by molar-refractivity contribution is -0.131. The molecule has 1 rings (SSSR count). The Morgan fingerprint density at radius 3 is 2.16 bits per heavy atom. The zero-order valence-corrected chi connectivity index (χ0v) is 17.8. The predicted molar refractivity (Wildman–Crippen MR) is 108 cm³/mol. The average Bonchev–Trinajstić information content (AvgIpc) is 2.51. The average molecular weight is 387 g/mol. The van der Waals surface area contributed by atoms with Crippen LogP contribution in [0.1, 0.15) is 54.4 Å². The topological polar surface area (TPSA) is 49.3 Å². The summed E-state index contributed by atoms with van der Waals surface area (Å²) in [4.78, 5) is 25.5. The van der Waals surface area contributed by atoms with E-state index in [0.29, 0.717) is 16.1 Å². The minimum atomic E-state index is 0.0964. The quantitative estimate of drug-likeness (QED) is 0.336. The fraction of sp³-hybridized carbons (Fsp3) is 0.722. The van der Waals surface area contributed by atoms with Crippen molar-refractivity contribution in [2.24, 2.45) is 0 Å². The number of thioether (sulfide) groups is 1. The van der Waals surface area contributed by atoms with Gasteiger partial charge in [-0.1, -0.05) is 37.2 Å². The molecule has 0 fully saturated rings. The molecule has 1 aromatic heterocycles. The van der Waals surface area contributed by atoms with Crippen LogP contribution in [-0.2, 0) is 4.79 Å². The highest BCUT2D eigenvalue weighted by molar-refractivity contribution is 7.99. The van der Waals surface area contributed by atoms with Gasteiger partial charge in [-0.05, 0) is 40.5 Å². The van der Waals surface area contributed by atoms with Crippen molar-refractivity contribution >= 4 is 35.1 Å². The van der Waals surface area contributed by atoms with E-state index in [-0.39, 0.29) is 18.0 Å². The highest BCUT2D eigenvalue weighted by atomic mass is 35.5.